The summed E-state index contributed by atoms with van der Waals surface area (Å²) in [6.45, 7) is 3.61. The lowest BCUT2D eigenvalue weighted by Gasteiger charge is -2.15. The molecule has 150 valence electrons. The Hall–Kier alpha value is -2.36. The fraction of sp³-hybridized carbons (Fsp3) is 0.588. The number of fused-ring (bicyclic) bond motifs is 1. The Bertz CT molecular complexity index is 886. The van der Waals surface area contributed by atoms with E-state index in [1.54, 1.807) is 18.7 Å². The maximum atomic E-state index is 12.3. The van der Waals surface area contributed by atoms with Crippen LogP contribution in [0.4, 0.5) is 13.2 Å². The number of aryl methyl sites for hydroxylation is 3. The predicted molar refractivity (Wildman–Crippen MR) is 93.6 cm³/mol. The van der Waals surface area contributed by atoms with Gasteiger partial charge in [0.1, 0.15) is 12.3 Å². The Balaban J connectivity index is 1.97. The maximum absolute atomic E-state index is 12.3. The van der Waals surface area contributed by atoms with Gasteiger partial charge in [-0.25, -0.2) is 0 Å². The van der Waals surface area contributed by atoms with E-state index in [0.717, 1.165) is 16.6 Å². The second-order valence-corrected chi connectivity index (χ2v) is 6.59. The van der Waals surface area contributed by atoms with Gasteiger partial charge in [0.15, 0.2) is 0 Å². The summed E-state index contributed by atoms with van der Waals surface area (Å²) >= 11 is 0. The summed E-state index contributed by atoms with van der Waals surface area (Å²) in [4.78, 5) is 27.1. The Morgan fingerprint density at radius 3 is 2.67 bits per heavy atom. The van der Waals surface area contributed by atoms with E-state index in [0.29, 0.717) is 11.2 Å². The van der Waals surface area contributed by atoms with Crippen molar-refractivity contribution in [3.63, 3.8) is 0 Å². The summed E-state index contributed by atoms with van der Waals surface area (Å²) < 4.78 is 42.2. The van der Waals surface area contributed by atoms with E-state index in [-0.39, 0.29) is 30.9 Å². The second-order valence-electron chi connectivity index (χ2n) is 6.59. The molecule has 1 atom stereocenters. The molecule has 7 nitrogen and oxygen atoms in total. The zero-order valence-corrected chi connectivity index (χ0v) is 15.7. The van der Waals surface area contributed by atoms with E-state index < -0.39 is 18.8 Å². The summed E-state index contributed by atoms with van der Waals surface area (Å²) in [5.41, 5.74) is 2.39. The zero-order valence-electron chi connectivity index (χ0n) is 15.7. The van der Waals surface area contributed by atoms with Gasteiger partial charge in [-0.05, 0) is 32.8 Å². The van der Waals surface area contributed by atoms with Gasteiger partial charge in [0.05, 0.1) is 12.3 Å². The molecule has 27 heavy (non-hydrogen) atoms. The summed E-state index contributed by atoms with van der Waals surface area (Å²) in [5, 5.41) is 7.70. The van der Waals surface area contributed by atoms with Crippen molar-refractivity contribution in [3.8, 4) is 0 Å². The van der Waals surface area contributed by atoms with Crippen molar-refractivity contribution in [2.24, 2.45) is 7.05 Å². The Morgan fingerprint density at radius 1 is 1.37 bits per heavy atom. The van der Waals surface area contributed by atoms with Crippen molar-refractivity contribution in [3.05, 3.63) is 27.2 Å². The lowest BCUT2D eigenvalue weighted by molar-refractivity contribution is -0.175. The van der Waals surface area contributed by atoms with Crippen LogP contribution in [0.3, 0.4) is 0 Å². The number of halogens is 3. The second kappa shape index (κ2) is 8.12. The summed E-state index contributed by atoms with van der Waals surface area (Å²) in [6, 6.07) is -0.567. The van der Waals surface area contributed by atoms with E-state index in [2.05, 4.69) is 20.1 Å². The number of aromatic nitrogens is 3. The minimum Gasteiger partial charge on any atom is -0.370 e. The number of carbonyl (C=O) groups excluding carboxylic acids is 1. The average Bonchev–Trinajstić information content (AvgIpc) is 2.79. The van der Waals surface area contributed by atoms with Gasteiger partial charge < -0.3 is 15.0 Å². The topological polar surface area (TPSA) is 89.0 Å². The van der Waals surface area contributed by atoms with Crippen LogP contribution >= 0.6 is 0 Å². The predicted octanol–water partition coefficient (Wildman–Crippen LogP) is 1.89. The lowest BCUT2D eigenvalue weighted by atomic mass is 10.0. The molecule has 0 saturated carbocycles. The van der Waals surface area contributed by atoms with Crippen LogP contribution < -0.4 is 10.9 Å². The Kier molecular flexibility index (Phi) is 6.30. The van der Waals surface area contributed by atoms with Crippen LogP contribution in [0.25, 0.3) is 11.0 Å². The average molecular weight is 388 g/mol. The Morgan fingerprint density at radius 2 is 2.04 bits per heavy atom. The molecule has 2 aromatic heterocycles. The van der Waals surface area contributed by atoms with Gasteiger partial charge in [-0.2, -0.15) is 18.3 Å². The van der Waals surface area contributed by atoms with Crippen molar-refractivity contribution in [2.75, 3.05) is 13.2 Å². The van der Waals surface area contributed by atoms with E-state index in [1.807, 2.05) is 13.8 Å². The number of hydrogen-bond acceptors (Lipinski definition) is 4. The summed E-state index contributed by atoms with van der Waals surface area (Å²) in [5.74, 6) is -0.361. The highest BCUT2D eigenvalue weighted by atomic mass is 19.4. The van der Waals surface area contributed by atoms with Crippen LogP contribution in [0.2, 0.25) is 0 Å². The van der Waals surface area contributed by atoms with Crippen LogP contribution in [0.15, 0.2) is 4.79 Å². The van der Waals surface area contributed by atoms with Gasteiger partial charge in [-0.3, -0.25) is 14.3 Å². The highest BCUT2D eigenvalue weighted by molar-refractivity contribution is 5.83. The molecule has 0 fully saturated rings. The molecular formula is C17H23F3N4O3. The van der Waals surface area contributed by atoms with Gasteiger partial charge in [-0.15, -0.1) is 0 Å². The first-order valence-electron chi connectivity index (χ1n) is 8.48. The fourth-order valence-corrected chi connectivity index (χ4v) is 3.03. The number of nitrogens with one attached hydrogen (secondary N) is 2. The number of nitrogens with zero attached hydrogens (tertiary/aromatic N) is 2. The van der Waals surface area contributed by atoms with E-state index >= 15 is 0 Å². The molecule has 2 aromatic rings. The minimum atomic E-state index is -4.40. The highest BCUT2D eigenvalue weighted by Crippen LogP contribution is 2.21. The maximum Gasteiger partial charge on any atom is 0.411 e. The number of hydrogen-bond donors (Lipinski definition) is 2. The standard InChI is InChI=1S/C17H23F3N4O3/c1-9(7-27-8-17(18,19)20)21-13(25)6-5-12-10(2)14-11(3)23-24(4)15(14)22-16(12)26/h9H,5-8H2,1-4H3,(H,21,25)(H,22,26). The number of rotatable bonds is 7. The lowest BCUT2D eigenvalue weighted by Crippen LogP contribution is -2.37. The van der Waals surface area contributed by atoms with Crippen molar-refractivity contribution >= 4 is 16.9 Å². The first-order valence-corrected chi connectivity index (χ1v) is 8.48. The van der Waals surface area contributed by atoms with Crippen molar-refractivity contribution < 1.29 is 22.7 Å². The van der Waals surface area contributed by atoms with E-state index in [9.17, 15) is 22.8 Å². The van der Waals surface area contributed by atoms with Crippen molar-refractivity contribution in [2.45, 2.75) is 45.8 Å². The summed E-state index contributed by atoms with van der Waals surface area (Å²) in [7, 11) is 1.74. The molecule has 1 amide bonds. The first kappa shape index (κ1) is 20.9. The number of pyridine rings is 1. The van der Waals surface area contributed by atoms with Gasteiger partial charge in [-0.1, -0.05) is 0 Å². The van der Waals surface area contributed by atoms with E-state index in [1.165, 1.54) is 0 Å². The highest BCUT2D eigenvalue weighted by Gasteiger charge is 2.27. The molecule has 0 aliphatic rings. The van der Waals surface area contributed by atoms with Crippen LogP contribution in [-0.4, -0.2) is 46.1 Å². The van der Waals surface area contributed by atoms with Crippen LogP contribution in [-0.2, 0) is 23.0 Å². The smallest absolute Gasteiger partial charge is 0.370 e. The van der Waals surface area contributed by atoms with E-state index in [4.69, 9.17) is 0 Å². The number of H-pyrrole nitrogens is 1. The first-order chi connectivity index (χ1) is 12.5. The molecule has 10 heteroatoms. The molecule has 2 rings (SSSR count). The third-order valence-electron chi connectivity index (χ3n) is 4.20. The summed E-state index contributed by atoms with van der Waals surface area (Å²) in [6.07, 6.45) is -4.14. The number of ether oxygens (including phenoxy) is 1. The Labute approximate surface area is 153 Å². The third kappa shape index (κ3) is 5.31. The van der Waals surface area contributed by atoms with Gasteiger partial charge in [0.2, 0.25) is 5.91 Å². The molecular weight excluding hydrogens is 365 g/mol. The third-order valence-corrected chi connectivity index (χ3v) is 4.20. The van der Waals surface area contributed by atoms with Crippen LogP contribution in [0.1, 0.15) is 30.2 Å². The largest absolute Gasteiger partial charge is 0.411 e. The SMILES string of the molecule is Cc1nn(C)c2[nH]c(=O)c(CCC(=O)NC(C)COCC(F)(F)F)c(C)c12. The molecule has 1 unspecified atom stereocenters. The molecule has 0 aliphatic heterocycles. The number of carbonyl (C=O) groups is 1. The quantitative estimate of drug-likeness (QED) is 0.758. The molecule has 0 aromatic carbocycles. The van der Waals surface area contributed by atoms with Gasteiger partial charge in [0.25, 0.3) is 5.56 Å². The molecule has 2 heterocycles. The molecule has 0 bridgehead atoms. The molecule has 2 N–H and O–H groups in total. The van der Waals surface area contributed by atoms with Crippen molar-refractivity contribution in [1.82, 2.24) is 20.1 Å². The minimum absolute atomic E-state index is 0.0400. The molecule has 0 saturated heterocycles. The van der Waals surface area contributed by atoms with Gasteiger partial charge in [0, 0.05) is 30.5 Å². The van der Waals surface area contributed by atoms with Gasteiger partial charge >= 0.3 is 6.18 Å². The number of alkyl halides is 3. The molecule has 0 aliphatic carbocycles. The molecule has 0 spiro atoms. The van der Waals surface area contributed by atoms with Crippen LogP contribution in [0, 0.1) is 13.8 Å². The monoisotopic (exact) mass is 388 g/mol. The zero-order chi connectivity index (χ0) is 20.4. The number of amides is 1. The van der Waals surface area contributed by atoms with Crippen molar-refractivity contribution in [1.29, 1.82) is 0 Å². The fourth-order valence-electron chi connectivity index (χ4n) is 3.03. The number of aromatic amines is 1. The normalized spacial score (nSPS) is 13.1. The van der Waals surface area contributed by atoms with Crippen LogP contribution in [0.5, 0.6) is 0 Å². The molecule has 0 radical (unpaired) electrons.